The molecule has 0 spiro atoms. The summed E-state index contributed by atoms with van der Waals surface area (Å²) < 4.78 is 11.7. The zero-order valence-electron chi connectivity index (χ0n) is 21.4. The SMILES string of the molecule is CCCCC[C@H]1CC[C@H](CCCOc2ccc(C(=O)O[C@H]3CC[C@H](CCC)CC3)cc2)CC1. The Morgan fingerprint density at radius 2 is 1.30 bits per heavy atom. The van der Waals surface area contributed by atoms with Crippen LogP contribution in [-0.2, 0) is 4.74 Å². The number of ether oxygens (including phenoxy) is 2. The van der Waals surface area contributed by atoms with E-state index in [0.717, 1.165) is 49.4 Å². The number of rotatable bonds is 13. The van der Waals surface area contributed by atoms with Crippen LogP contribution in [0.15, 0.2) is 24.3 Å². The van der Waals surface area contributed by atoms with Gasteiger partial charge >= 0.3 is 5.97 Å². The maximum absolute atomic E-state index is 12.5. The first-order chi connectivity index (χ1) is 16.2. The summed E-state index contributed by atoms with van der Waals surface area (Å²) in [5.41, 5.74) is 0.633. The van der Waals surface area contributed by atoms with Crippen LogP contribution in [0.25, 0.3) is 0 Å². The molecule has 1 aromatic rings. The van der Waals surface area contributed by atoms with Gasteiger partial charge in [-0.1, -0.05) is 78.1 Å². The second-order valence-corrected chi connectivity index (χ2v) is 10.7. The fourth-order valence-corrected chi connectivity index (χ4v) is 5.91. The van der Waals surface area contributed by atoms with E-state index < -0.39 is 0 Å². The molecule has 2 fully saturated rings. The number of esters is 1. The van der Waals surface area contributed by atoms with Gasteiger partial charge in [0, 0.05) is 0 Å². The predicted octanol–water partition coefficient (Wildman–Crippen LogP) is 8.75. The first-order valence-corrected chi connectivity index (χ1v) is 14.1. The van der Waals surface area contributed by atoms with Crippen molar-refractivity contribution in [3.8, 4) is 5.75 Å². The number of unbranched alkanes of at least 4 members (excludes halogenated alkanes) is 2. The number of benzene rings is 1. The molecule has 0 aromatic heterocycles. The number of carbonyl (C=O) groups excluding carboxylic acids is 1. The van der Waals surface area contributed by atoms with Crippen LogP contribution in [0, 0.1) is 17.8 Å². The minimum absolute atomic E-state index is 0.0907. The summed E-state index contributed by atoms with van der Waals surface area (Å²) in [7, 11) is 0. The van der Waals surface area contributed by atoms with Crippen LogP contribution < -0.4 is 4.74 Å². The zero-order chi connectivity index (χ0) is 23.3. The molecule has 3 nitrogen and oxygen atoms in total. The average molecular weight is 457 g/mol. The van der Waals surface area contributed by atoms with Crippen molar-refractivity contribution in [2.24, 2.45) is 17.8 Å². The van der Waals surface area contributed by atoms with Crippen molar-refractivity contribution in [3.05, 3.63) is 29.8 Å². The van der Waals surface area contributed by atoms with Gasteiger partial charge < -0.3 is 9.47 Å². The van der Waals surface area contributed by atoms with Gasteiger partial charge in [-0.05, 0) is 80.5 Å². The van der Waals surface area contributed by atoms with Crippen molar-refractivity contribution in [3.63, 3.8) is 0 Å². The van der Waals surface area contributed by atoms with Gasteiger partial charge in [-0.25, -0.2) is 4.79 Å². The molecule has 0 aliphatic heterocycles. The highest BCUT2D eigenvalue weighted by molar-refractivity contribution is 5.89. The van der Waals surface area contributed by atoms with Crippen LogP contribution in [0.4, 0.5) is 0 Å². The van der Waals surface area contributed by atoms with Crippen LogP contribution >= 0.6 is 0 Å². The summed E-state index contributed by atoms with van der Waals surface area (Å²) in [5, 5.41) is 0. The monoisotopic (exact) mass is 456 g/mol. The van der Waals surface area contributed by atoms with Gasteiger partial charge in [-0.15, -0.1) is 0 Å². The lowest BCUT2D eigenvalue weighted by atomic mass is 9.78. The Bertz CT molecular complexity index is 652. The molecule has 2 saturated carbocycles. The summed E-state index contributed by atoms with van der Waals surface area (Å²) >= 11 is 0. The highest BCUT2D eigenvalue weighted by Crippen LogP contribution is 2.34. The molecule has 33 heavy (non-hydrogen) atoms. The van der Waals surface area contributed by atoms with Crippen molar-refractivity contribution in [1.29, 1.82) is 0 Å². The smallest absolute Gasteiger partial charge is 0.338 e. The van der Waals surface area contributed by atoms with Gasteiger partial charge in [0.1, 0.15) is 11.9 Å². The molecule has 0 atom stereocenters. The summed E-state index contributed by atoms with van der Waals surface area (Å²) in [6.07, 6.45) is 20.8. The molecule has 2 aliphatic rings. The lowest BCUT2D eigenvalue weighted by Gasteiger charge is -2.28. The van der Waals surface area contributed by atoms with Gasteiger partial charge in [-0.2, -0.15) is 0 Å². The molecule has 1 aromatic carbocycles. The number of hydrogen-bond acceptors (Lipinski definition) is 3. The lowest BCUT2D eigenvalue weighted by Crippen LogP contribution is -2.24. The third-order valence-electron chi connectivity index (χ3n) is 8.06. The minimum Gasteiger partial charge on any atom is -0.494 e. The van der Waals surface area contributed by atoms with Gasteiger partial charge in [0.15, 0.2) is 0 Å². The van der Waals surface area contributed by atoms with Gasteiger partial charge in [-0.3, -0.25) is 0 Å². The van der Waals surface area contributed by atoms with Crippen molar-refractivity contribution in [1.82, 2.24) is 0 Å². The Balaban J connectivity index is 1.27. The lowest BCUT2D eigenvalue weighted by molar-refractivity contribution is 0.0161. The Kier molecular flexibility index (Phi) is 11.6. The third kappa shape index (κ3) is 9.33. The van der Waals surface area contributed by atoms with E-state index in [1.807, 2.05) is 24.3 Å². The van der Waals surface area contributed by atoms with Crippen LogP contribution in [0.3, 0.4) is 0 Å². The maximum Gasteiger partial charge on any atom is 0.338 e. The second-order valence-electron chi connectivity index (χ2n) is 10.7. The van der Waals surface area contributed by atoms with Crippen LogP contribution in [0.1, 0.15) is 127 Å². The quantitative estimate of drug-likeness (QED) is 0.220. The summed E-state index contributed by atoms with van der Waals surface area (Å²) in [6.45, 7) is 5.31. The van der Waals surface area contributed by atoms with E-state index in [-0.39, 0.29) is 12.1 Å². The molecule has 0 saturated heterocycles. The number of hydrogen-bond donors (Lipinski definition) is 0. The van der Waals surface area contributed by atoms with E-state index in [1.165, 1.54) is 83.5 Å². The third-order valence-corrected chi connectivity index (χ3v) is 8.06. The molecule has 0 amide bonds. The number of carbonyl (C=O) groups is 1. The molecular weight excluding hydrogens is 408 g/mol. The standard InChI is InChI=1S/C30H48O3/c1-3-5-6-9-25-11-13-26(14-12-25)10-7-23-32-28-21-17-27(18-22-28)30(31)33-29-19-15-24(8-4-2)16-20-29/h17-18,21-22,24-26,29H,3-16,19-20,23H2,1-2H3/t24-,25-,26-,29-. The minimum atomic E-state index is -0.189. The van der Waals surface area contributed by atoms with Crippen molar-refractivity contribution >= 4 is 5.97 Å². The Hall–Kier alpha value is -1.51. The fraction of sp³-hybridized carbons (Fsp3) is 0.767. The predicted molar refractivity (Wildman–Crippen MR) is 137 cm³/mol. The molecule has 0 heterocycles. The Morgan fingerprint density at radius 1 is 0.727 bits per heavy atom. The van der Waals surface area contributed by atoms with E-state index in [1.54, 1.807) is 0 Å². The van der Waals surface area contributed by atoms with Crippen molar-refractivity contribution in [2.45, 2.75) is 123 Å². The van der Waals surface area contributed by atoms with Crippen LogP contribution in [-0.4, -0.2) is 18.7 Å². The van der Waals surface area contributed by atoms with E-state index in [9.17, 15) is 4.79 Å². The molecular formula is C30H48O3. The topological polar surface area (TPSA) is 35.5 Å². The Labute approximate surface area is 203 Å². The molecule has 0 bridgehead atoms. The normalized spacial score (nSPS) is 25.5. The molecule has 3 heteroatoms. The highest BCUT2D eigenvalue weighted by Gasteiger charge is 2.24. The molecule has 0 radical (unpaired) electrons. The first-order valence-electron chi connectivity index (χ1n) is 14.1. The van der Waals surface area contributed by atoms with E-state index in [2.05, 4.69) is 13.8 Å². The van der Waals surface area contributed by atoms with Crippen LogP contribution in [0.5, 0.6) is 5.75 Å². The Morgan fingerprint density at radius 3 is 1.91 bits per heavy atom. The van der Waals surface area contributed by atoms with Gasteiger partial charge in [0.05, 0.1) is 12.2 Å². The maximum atomic E-state index is 12.5. The fourth-order valence-electron chi connectivity index (χ4n) is 5.91. The van der Waals surface area contributed by atoms with Crippen molar-refractivity contribution in [2.75, 3.05) is 6.61 Å². The zero-order valence-corrected chi connectivity index (χ0v) is 21.4. The summed E-state index contributed by atoms with van der Waals surface area (Å²) in [4.78, 5) is 12.5. The van der Waals surface area contributed by atoms with Crippen LogP contribution in [0.2, 0.25) is 0 Å². The van der Waals surface area contributed by atoms with E-state index >= 15 is 0 Å². The molecule has 186 valence electrons. The molecule has 3 rings (SSSR count). The molecule has 0 unspecified atom stereocenters. The average Bonchev–Trinajstić information content (AvgIpc) is 2.85. The van der Waals surface area contributed by atoms with E-state index in [0.29, 0.717) is 5.56 Å². The van der Waals surface area contributed by atoms with Gasteiger partial charge in [0.2, 0.25) is 0 Å². The van der Waals surface area contributed by atoms with E-state index in [4.69, 9.17) is 9.47 Å². The second kappa shape index (κ2) is 14.7. The largest absolute Gasteiger partial charge is 0.494 e. The van der Waals surface area contributed by atoms with Crippen molar-refractivity contribution < 1.29 is 14.3 Å². The van der Waals surface area contributed by atoms with Gasteiger partial charge in [0.25, 0.3) is 0 Å². The summed E-state index contributed by atoms with van der Waals surface area (Å²) in [6, 6.07) is 7.52. The summed E-state index contributed by atoms with van der Waals surface area (Å²) in [5.74, 6) is 3.37. The molecule has 2 aliphatic carbocycles. The highest BCUT2D eigenvalue weighted by atomic mass is 16.5. The first kappa shape index (κ1) is 26.1. The molecule has 0 N–H and O–H groups in total.